The summed E-state index contributed by atoms with van der Waals surface area (Å²) in [4.78, 5) is 19.2. The second-order valence-corrected chi connectivity index (χ2v) is 10.3. The maximum atomic E-state index is 13.3. The van der Waals surface area contributed by atoms with E-state index in [0.717, 1.165) is 36.8 Å². The zero-order valence-corrected chi connectivity index (χ0v) is 17.7. The van der Waals surface area contributed by atoms with Gasteiger partial charge in [-0.05, 0) is 78.2 Å². The van der Waals surface area contributed by atoms with Crippen LogP contribution in [0.2, 0.25) is 0 Å². The largest absolute Gasteiger partial charge is 0.393 e. The Bertz CT molecular complexity index is 938. The van der Waals surface area contributed by atoms with Crippen molar-refractivity contribution in [2.75, 3.05) is 13.1 Å². The lowest BCUT2D eigenvalue weighted by Gasteiger charge is -2.63. The Hall–Kier alpha value is -2.24. The predicted molar refractivity (Wildman–Crippen MR) is 117 cm³/mol. The number of hydrogen-bond donors (Lipinski definition) is 2. The van der Waals surface area contributed by atoms with Crippen LogP contribution in [0.3, 0.4) is 0 Å². The van der Waals surface area contributed by atoms with E-state index in [1.807, 2.05) is 29.4 Å². The SMILES string of the molecule is O=C(CC1(c2ccc(-c3ccncc3)cc2)C2CC3CC1CC(C2)C3O)N1CC(O)C1. The highest BCUT2D eigenvalue weighted by atomic mass is 16.3. The topological polar surface area (TPSA) is 73.7 Å². The summed E-state index contributed by atoms with van der Waals surface area (Å²) in [7, 11) is 0. The predicted octanol–water partition coefficient (Wildman–Crippen LogP) is 3.01. The van der Waals surface area contributed by atoms with Gasteiger partial charge in [-0.3, -0.25) is 9.78 Å². The summed E-state index contributed by atoms with van der Waals surface area (Å²) in [6, 6.07) is 12.9. The minimum absolute atomic E-state index is 0.151. The van der Waals surface area contributed by atoms with Gasteiger partial charge in [0.2, 0.25) is 5.91 Å². The van der Waals surface area contributed by atoms with E-state index in [0.29, 0.717) is 43.2 Å². The van der Waals surface area contributed by atoms with Gasteiger partial charge in [0.1, 0.15) is 0 Å². The molecule has 4 saturated carbocycles. The van der Waals surface area contributed by atoms with E-state index >= 15 is 0 Å². The number of rotatable bonds is 4. The van der Waals surface area contributed by atoms with Crippen molar-refractivity contribution >= 4 is 5.91 Å². The van der Waals surface area contributed by atoms with Gasteiger partial charge in [-0.25, -0.2) is 0 Å². The highest BCUT2D eigenvalue weighted by Gasteiger charge is 2.61. The molecular weight excluding hydrogens is 388 g/mol. The van der Waals surface area contributed by atoms with Gasteiger partial charge in [0.15, 0.2) is 0 Å². The maximum absolute atomic E-state index is 13.3. The minimum atomic E-state index is -0.367. The Labute approximate surface area is 183 Å². The normalized spacial score (nSPS) is 36.5. The summed E-state index contributed by atoms with van der Waals surface area (Å²) in [6.07, 6.45) is 7.73. The molecule has 2 N–H and O–H groups in total. The van der Waals surface area contributed by atoms with Crippen LogP contribution in [0, 0.1) is 23.7 Å². The summed E-state index contributed by atoms with van der Waals surface area (Å²) in [5.74, 6) is 1.86. The van der Waals surface area contributed by atoms with E-state index in [1.54, 1.807) is 0 Å². The van der Waals surface area contributed by atoms with E-state index in [1.165, 1.54) is 5.56 Å². The number of hydrogen-bond acceptors (Lipinski definition) is 4. The third-order valence-electron chi connectivity index (χ3n) is 8.87. The first-order valence-corrected chi connectivity index (χ1v) is 11.7. The number of likely N-dealkylation sites (tertiary alicyclic amines) is 1. The first kappa shape index (κ1) is 19.4. The number of nitrogens with zero attached hydrogens (tertiary/aromatic N) is 2. The van der Waals surface area contributed by atoms with Crippen LogP contribution in [0.5, 0.6) is 0 Å². The number of benzene rings is 1. The van der Waals surface area contributed by atoms with Crippen molar-refractivity contribution in [2.24, 2.45) is 23.7 Å². The first-order valence-electron chi connectivity index (χ1n) is 11.7. The first-order chi connectivity index (χ1) is 15.0. The monoisotopic (exact) mass is 418 g/mol. The number of aliphatic hydroxyl groups excluding tert-OH is 2. The van der Waals surface area contributed by atoms with Crippen molar-refractivity contribution in [3.8, 4) is 11.1 Å². The van der Waals surface area contributed by atoms with Crippen LogP contribution in [-0.4, -0.2) is 51.3 Å². The molecule has 2 heterocycles. The van der Waals surface area contributed by atoms with Crippen LogP contribution in [0.1, 0.15) is 37.7 Å². The van der Waals surface area contributed by atoms with Crippen molar-refractivity contribution in [2.45, 2.75) is 49.7 Å². The Morgan fingerprint density at radius 1 is 0.903 bits per heavy atom. The molecular formula is C26H30N2O3. The van der Waals surface area contributed by atoms with Gasteiger partial charge in [-0.15, -0.1) is 0 Å². The Kier molecular flexibility index (Phi) is 4.48. The van der Waals surface area contributed by atoms with Gasteiger partial charge in [0, 0.05) is 37.3 Å². The molecule has 0 spiro atoms. The van der Waals surface area contributed by atoms with Crippen LogP contribution in [-0.2, 0) is 10.2 Å². The van der Waals surface area contributed by atoms with E-state index in [2.05, 4.69) is 29.2 Å². The molecule has 1 aromatic heterocycles. The second-order valence-electron chi connectivity index (χ2n) is 10.3. The summed E-state index contributed by atoms with van der Waals surface area (Å²) in [6.45, 7) is 0.935. The molecule has 162 valence electrons. The lowest BCUT2D eigenvalue weighted by atomic mass is 9.42. The molecule has 5 nitrogen and oxygen atoms in total. The van der Waals surface area contributed by atoms with E-state index < -0.39 is 0 Å². The van der Waals surface area contributed by atoms with Crippen LogP contribution >= 0.6 is 0 Å². The van der Waals surface area contributed by atoms with Gasteiger partial charge < -0.3 is 15.1 Å². The number of pyridine rings is 1. The molecule has 5 aliphatic rings. The molecule has 0 atom stereocenters. The smallest absolute Gasteiger partial charge is 0.223 e. The molecule has 1 aromatic carbocycles. The lowest BCUT2D eigenvalue weighted by molar-refractivity contribution is -0.158. The Morgan fingerprint density at radius 2 is 1.45 bits per heavy atom. The molecule has 5 heteroatoms. The second kappa shape index (κ2) is 7.14. The van der Waals surface area contributed by atoms with Crippen molar-refractivity contribution in [1.29, 1.82) is 0 Å². The quantitative estimate of drug-likeness (QED) is 0.801. The standard InChI is InChI=1S/C26H30N2O3/c29-23-14-28(15-23)24(30)13-26(21-9-18-10-22(26)12-19(11-21)25(18)31)20-3-1-16(2-4-20)17-5-7-27-8-6-17/h1-8,18-19,21-23,25,29,31H,9-15H2. The van der Waals surface area contributed by atoms with Crippen LogP contribution < -0.4 is 0 Å². The number of carbonyl (C=O) groups excluding carboxylic acids is 1. The van der Waals surface area contributed by atoms with Crippen molar-refractivity contribution in [3.63, 3.8) is 0 Å². The van der Waals surface area contributed by atoms with E-state index in [9.17, 15) is 15.0 Å². The molecule has 4 bridgehead atoms. The van der Waals surface area contributed by atoms with E-state index in [4.69, 9.17) is 0 Å². The fourth-order valence-corrected chi connectivity index (χ4v) is 7.36. The summed E-state index contributed by atoms with van der Waals surface area (Å²) in [5, 5.41) is 20.4. The number of amides is 1. The van der Waals surface area contributed by atoms with Gasteiger partial charge >= 0.3 is 0 Å². The summed E-state index contributed by atoms with van der Waals surface area (Å²) >= 11 is 0. The Morgan fingerprint density at radius 3 is 2.00 bits per heavy atom. The molecule has 0 radical (unpaired) electrons. The molecule has 1 amide bonds. The molecule has 2 aromatic rings. The molecule has 1 aliphatic heterocycles. The Balaban J connectivity index is 1.37. The van der Waals surface area contributed by atoms with E-state index in [-0.39, 0.29) is 23.5 Å². The number of β-amino-alcohol motifs (C(OH)–C–C–N with tert-alkyl or cyclic N) is 1. The molecule has 31 heavy (non-hydrogen) atoms. The number of aromatic nitrogens is 1. The van der Waals surface area contributed by atoms with Crippen molar-refractivity contribution < 1.29 is 15.0 Å². The van der Waals surface area contributed by atoms with Crippen LogP contribution in [0.4, 0.5) is 0 Å². The van der Waals surface area contributed by atoms with Gasteiger partial charge in [-0.2, -0.15) is 0 Å². The van der Waals surface area contributed by atoms with Crippen LogP contribution in [0.15, 0.2) is 48.8 Å². The third kappa shape index (κ3) is 2.97. The average Bonchev–Trinajstić information content (AvgIpc) is 2.76. The molecule has 1 saturated heterocycles. The van der Waals surface area contributed by atoms with Crippen molar-refractivity contribution in [1.82, 2.24) is 9.88 Å². The molecule has 4 aliphatic carbocycles. The maximum Gasteiger partial charge on any atom is 0.223 e. The van der Waals surface area contributed by atoms with Gasteiger partial charge in [0.25, 0.3) is 0 Å². The zero-order chi connectivity index (χ0) is 21.2. The highest BCUT2D eigenvalue weighted by Crippen LogP contribution is 2.64. The fraction of sp³-hybridized carbons (Fsp3) is 0.538. The molecule has 7 rings (SSSR count). The fourth-order valence-electron chi connectivity index (χ4n) is 7.36. The van der Waals surface area contributed by atoms with Gasteiger partial charge in [-0.1, -0.05) is 24.3 Å². The third-order valence-corrected chi connectivity index (χ3v) is 8.87. The molecule has 5 fully saturated rings. The lowest BCUT2D eigenvalue weighted by Crippen LogP contribution is -2.62. The highest BCUT2D eigenvalue weighted by molar-refractivity contribution is 5.79. The summed E-state index contributed by atoms with van der Waals surface area (Å²) < 4.78 is 0. The number of carbonyl (C=O) groups is 1. The summed E-state index contributed by atoms with van der Waals surface area (Å²) in [5.41, 5.74) is 3.44. The molecule has 0 unspecified atom stereocenters. The minimum Gasteiger partial charge on any atom is -0.393 e. The number of aliphatic hydroxyl groups is 2. The van der Waals surface area contributed by atoms with Crippen molar-refractivity contribution in [3.05, 3.63) is 54.4 Å². The van der Waals surface area contributed by atoms with Crippen LogP contribution in [0.25, 0.3) is 11.1 Å². The van der Waals surface area contributed by atoms with Gasteiger partial charge in [0.05, 0.1) is 12.2 Å². The zero-order valence-electron chi connectivity index (χ0n) is 17.7. The average molecular weight is 419 g/mol.